The number of benzene rings is 1. The number of carbonyl (C=O) groups is 5. The molecule has 1 aliphatic heterocycles. The van der Waals surface area contributed by atoms with Crippen LogP contribution >= 0.6 is 11.3 Å². The molecule has 0 bridgehead atoms. The number of fused-ring (bicyclic) bond motifs is 2. The van der Waals surface area contributed by atoms with E-state index in [0.717, 1.165) is 34.6 Å². The summed E-state index contributed by atoms with van der Waals surface area (Å²) >= 11 is 1.33. The van der Waals surface area contributed by atoms with Gasteiger partial charge >= 0.3 is 11.9 Å². The van der Waals surface area contributed by atoms with E-state index in [9.17, 15) is 24.0 Å². The zero-order valence-corrected chi connectivity index (χ0v) is 22.1. The SMILES string of the molecule is COC(=O)c1c(NC(=O)COC(=O)[C@H](CC(C)C)N2C(=O)c3ccccc3C2=O)sc2c1CC[C@@H](C)C2. The first kappa shape index (κ1) is 26.5. The Labute approximate surface area is 219 Å². The Morgan fingerprint density at radius 2 is 1.78 bits per heavy atom. The summed E-state index contributed by atoms with van der Waals surface area (Å²) in [6.07, 6.45) is 2.66. The number of hydrogen-bond acceptors (Lipinski definition) is 8. The average Bonchev–Trinajstić information content (AvgIpc) is 3.34. The van der Waals surface area contributed by atoms with Crippen molar-refractivity contribution in [2.45, 2.75) is 52.5 Å². The van der Waals surface area contributed by atoms with Crippen molar-refractivity contribution in [1.82, 2.24) is 4.90 Å². The van der Waals surface area contributed by atoms with E-state index in [1.54, 1.807) is 24.3 Å². The van der Waals surface area contributed by atoms with Gasteiger partial charge < -0.3 is 14.8 Å². The van der Waals surface area contributed by atoms with Crippen LogP contribution in [0.15, 0.2) is 24.3 Å². The topological polar surface area (TPSA) is 119 Å². The fourth-order valence-corrected chi connectivity index (χ4v) is 6.21. The number of amides is 3. The number of imide groups is 1. The van der Waals surface area contributed by atoms with Gasteiger partial charge in [-0.25, -0.2) is 9.59 Å². The molecule has 196 valence electrons. The molecule has 2 heterocycles. The molecule has 9 nitrogen and oxygen atoms in total. The Balaban J connectivity index is 1.47. The van der Waals surface area contributed by atoms with Gasteiger partial charge in [0.05, 0.1) is 23.8 Å². The first-order valence-corrected chi connectivity index (χ1v) is 13.1. The predicted molar refractivity (Wildman–Crippen MR) is 137 cm³/mol. The minimum Gasteiger partial charge on any atom is -0.465 e. The highest BCUT2D eigenvalue weighted by atomic mass is 32.1. The quantitative estimate of drug-likeness (QED) is 0.410. The zero-order valence-electron chi connectivity index (χ0n) is 21.3. The highest BCUT2D eigenvalue weighted by Gasteiger charge is 2.43. The van der Waals surface area contributed by atoms with E-state index in [1.165, 1.54) is 18.4 Å². The number of thiophene rings is 1. The Hall–Kier alpha value is -3.53. The van der Waals surface area contributed by atoms with E-state index >= 15 is 0 Å². The van der Waals surface area contributed by atoms with Crippen molar-refractivity contribution in [3.8, 4) is 0 Å². The second kappa shape index (κ2) is 10.8. The molecule has 2 aromatic rings. The number of rotatable bonds is 8. The lowest BCUT2D eigenvalue weighted by atomic mass is 9.88. The van der Waals surface area contributed by atoms with Gasteiger partial charge in [-0.05, 0) is 55.2 Å². The molecule has 4 rings (SSSR count). The number of ether oxygens (including phenoxy) is 2. The van der Waals surface area contributed by atoms with Gasteiger partial charge in [0.1, 0.15) is 11.0 Å². The van der Waals surface area contributed by atoms with E-state index in [-0.39, 0.29) is 23.5 Å². The number of anilines is 1. The molecule has 0 radical (unpaired) electrons. The van der Waals surface area contributed by atoms with Crippen molar-refractivity contribution >= 4 is 46.0 Å². The first-order valence-electron chi connectivity index (χ1n) is 12.3. The van der Waals surface area contributed by atoms with Crippen LogP contribution in [0, 0.1) is 11.8 Å². The number of carbonyl (C=O) groups excluding carboxylic acids is 5. The molecule has 1 aliphatic carbocycles. The van der Waals surface area contributed by atoms with Gasteiger partial charge in [-0.2, -0.15) is 0 Å². The molecule has 0 fully saturated rings. The van der Waals surface area contributed by atoms with Crippen LogP contribution in [0.25, 0.3) is 0 Å². The van der Waals surface area contributed by atoms with Crippen molar-refractivity contribution in [3.63, 3.8) is 0 Å². The van der Waals surface area contributed by atoms with Crippen LogP contribution in [0.4, 0.5) is 5.00 Å². The summed E-state index contributed by atoms with van der Waals surface area (Å²) in [7, 11) is 1.29. The molecule has 0 saturated carbocycles. The van der Waals surface area contributed by atoms with Crippen molar-refractivity contribution < 1.29 is 33.4 Å². The molecule has 3 amide bonds. The Kier molecular flexibility index (Phi) is 7.77. The van der Waals surface area contributed by atoms with Gasteiger partial charge in [0, 0.05) is 4.88 Å². The van der Waals surface area contributed by atoms with E-state index in [4.69, 9.17) is 9.47 Å². The maximum Gasteiger partial charge on any atom is 0.341 e. The van der Waals surface area contributed by atoms with E-state index in [0.29, 0.717) is 16.5 Å². The largest absolute Gasteiger partial charge is 0.465 e. The number of esters is 2. The summed E-state index contributed by atoms with van der Waals surface area (Å²) in [6.45, 7) is 5.23. The molecule has 0 unspecified atom stereocenters. The minimum atomic E-state index is -1.17. The normalized spacial score (nSPS) is 17.3. The third kappa shape index (κ3) is 5.29. The average molecular weight is 527 g/mol. The van der Waals surface area contributed by atoms with Crippen molar-refractivity contribution in [3.05, 3.63) is 51.4 Å². The van der Waals surface area contributed by atoms with Gasteiger partial charge in [-0.1, -0.05) is 32.9 Å². The molecule has 1 aromatic carbocycles. The lowest BCUT2D eigenvalue weighted by Gasteiger charge is -2.25. The van der Waals surface area contributed by atoms with E-state index in [2.05, 4.69) is 12.2 Å². The van der Waals surface area contributed by atoms with Gasteiger partial charge in [-0.15, -0.1) is 11.3 Å². The van der Waals surface area contributed by atoms with Crippen LogP contribution in [0.2, 0.25) is 0 Å². The summed E-state index contributed by atoms with van der Waals surface area (Å²) in [6, 6.07) is 5.22. The molecule has 10 heteroatoms. The van der Waals surface area contributed by atoms with Crippen LogP contribution < -0.4 is 5.32 Å². The number of nitrogens with one attached hydrogen (secondary N) is 1. The Morgan fingerprint density at radius 1 is 1.14 bits per heavy atom. The van der Waals surface area contributed by atoms with Crippen molar-refractivity contribution in [2.24, 2.45) is 11.8 Å². The Bertz CT molecular complexity index is 1230. The standard InChI is InChI=1S/C27H30N2O7S/c1-14(2)11-19(29-24(31)16-7-5-6-8-17(16)25(29)32)26(33)36-13-21(30)28-23-22(27(34)35-4)18-10-9-15(3)12-20(18)37-23/h5-8,14-15,19H,9-13H2,1-4H3,(H,28,30)/t15-,19+/m1/s1. The molecule has 1 N–H and O–H groups in total. The highest BCUT2D eigenvalue weighted by Crippen LogP contribution is 2.40. The number of nitrogens with zero attached hydrogens (tertiary/aromatic N) is 1. The second-order valence-electron chi connectivity index (χ2n) is 9.87. The lowest BCUT2D eigenvalue weighted by molar-refractivity contribution is -0.151. The molecule has 2 aliphatic rings. The second-order valence-corrected chi connectivity index (χ2v) is 11.0. The number of hydrogen-bond donors (Lipinski definition) is 1. The fraction of sp³-hybridized carbons (Fsp3) is 0.444. The highest BCUT2D eigenvalue weighted by molar-refractivity contribution is 7.17. The van der Waals surface area contributed by atoms with Crippen LogP contribution in [-0.2, 0) is 31.9 Å². The van der Waals surface area contributed by atoms with Crippen LogP contribution in [0.1, 0.15) is 75.1 Å². The van der Waals surface area contributed by atoms with Crippen LogP contribution in [0.5, 0.6) is 0 Å². The van der Waals surface area contributed by atoms with Crippen molar-refractivity contribution in [1.29, 1.82) is 0 Å². The summed E-state index contributed by atoms with van der Waals surface area (Å²) in [4.78, 5) is 66.1. The lowest BCUT2D eigenvalue weighted by Crippen LogP contribution is -2.46. The van der Waals surface area contributed by atoms with Crippen LogP contribution in [0.3, 0.4) is 0 Å². The third-order valence-electron chi connectivity index (χ3n) is 6.60. The summed E-state index contributed by atoms with van der Waals surface area (Å²) in [5, 5.41) is 3.05. The van der Waals surface area contributed by atoms with Gasteiger partial charge in [-0.3, -0.25) is 19.3 Å². The fourth-order valence-electron chi connectivity index (χ4n) is 4.80. The molecule has 37 heavy (non-hydrogen) atoms. The smallest absolute Gasteiger partial charge is 0.341 e. The van der Waals surface area contributed by atoms with Crippen molar-refractivity contribution in [2.75, 3.05) is 19.0 Å². The minimum absolute atomic E-state index is 0.0295. The molecule has 1 aromatic heterocycles. The molecule has 0 spiro atoms. The van der Waals surface area contributed by atoms with Gasteiger partial charge in [0.15, 0.2) is 6.61 Å². The van der Waals surface area contributed by atoms with E-state index in [1.807, 2.05) is 13.8 Å². The summed E-state index contributed by atoms with van der Waals surface area (Å²) < 4.78 is 10.2. The number of methoxy groups -OCH3 is 1. The summed E-state index contributed by atoms with van der Waals surface area (Å²) in [5.41, 5.74) is 1.71. The van der Waals surface area contributed by atoms with Gasteiger partial charge in [0.25, 0.3) is 17.7 Å². The molecule has 0 saturated heterocycles. The third-order valence-corrected chi connectivity index (χ3v) is 7.77. The zero-order chi connectivity index (χ0) is 26.9. The molecule has 2 atom stereocenters. The molecular weight excluding hydrogens is 496 g/mol. The van der Waals surface area contributed by atoms with Gasteiger partial charge in [0.2, 0.25) is 0 Å². The maximum atomic E-state index is 13.1. The Morgan fingerprint density at radius 3 is 2.38 bits per heavy atom. The molecular formula is C27H30N2O7S. The summed E-state index contributed by atoms with van der Waals surface area (Å²) in [5.74, 6) is -2.68. The predicted octanol–water partition coefficient (Wildman–Crippen LogP) is 3.85. The van der Waals surface area contributed by atoms with Crippen LogP contribution in [-0.4, -0.2) is 54.3 Å². The first-order chi connectivity index (χ1) is 17.6. The monoisotopic (exact) mass is 526 g/mol. The van der Waals surface area contributed by atoms with E-state index < -0.39 is 42.3 Å². The maximum absolute atomic E-state index is 13.1.